The molecule has 0 bridgehead atoms. The van der Waals surface area contributed by atoms with Crippen LogP contribution in [-0.2, 0) is 12.0 Å². The standard InChI is InChI=1S/C18H17ClFN5O/c1-18(2)5-4-15-22-17-13(20)6-10(7-14(17)25(15)18)11-8-16(24(3)23-26)21-9-12(11)19/h6-9H,4-5H2,1-3H3. The van der Waals surface area contributed by atoms with E-state index in [1.54, 1.807) is 6.07 Å². The first kappa shape index (κ1) is 16.9. The summed E-state index contributed by atoms with van der Waals surface area (Å²) in [5, 5.41) is 4.30. The molecule has 0 N–H and O–H groups in total. The van der Waals surface area contributed by atoms with Crippen molar-refractivity contribution in [2.45, 2.75) is 32.2 Å². The van der Waals surface area contributed by atoms with Crippen LogP contribution in [0.5, 0.6) is 0 Å². The fourth-order valence-corrected chi connectivity index (χ4v) is 3.79. The molecule has 6 nitrogen and oxygen atoms in total. The Kier molecular flexibility index (Phi) is 3.73. The molecule has 0 saturated heterocycles. The zero-order chi connectivity index (χ0) is 18.6. The number of imidazole rings is 1. The van der Waals surface area contributed by atoms with Gasteiger partial charge in [-0.15, -0.1) is 4.91 Å². The van der Waals surface area contributed by atoms with Gasteiger partial charge in [-0.05, 0) is 44.0 Å². The first-order valence-electron chi connectivity index (χ1n) is 8.26. The Bertz CT molecular complexity index is 1050. The SMILES string of the molecule is CN(N=O)c1cc(-c2cc(F)c3nc4n(c3c2)C(C)(C)CC4)c(Cl)cn1. The summed E-state index contributed by atoms with van der Waals surface area (Å²) in [4.78, 5) is 19.3. The highest BCUT2D eigenvalue weighted by Crippen LogP contribution is 2.39. The summed E-state index contributed by atoms with van der Waals surface area (Å²) in [7, 11) is 1.49. The molecule has 26 heavy (non-hydrogen) atoms. The molecule has 1 aliphatic rings. The minimum Gasteiger partial charge on any atom is -0.322 e. The molecule has 2 aromatic heterocycles. The quantitative estimate of drug-likeness (QED) is 0.493. The number of pyridine rings is 1. The zero-order valence-corrected chi connectivity index (χ0v) is 15.4. The molecule has 134 valence electrons. The smallest absolute Gasteiger partial charge is 0.152 e. The van der Waals surface area contributed by atoms with E-state index in [9.17, 15) is 9.30 Å². The Morgan fingerprint density at radius 2 is 2.12 bits per heavy atom. The highest BCUT2D eigenvalue weighted by atomic mass is 35.5. The van der Waals surface area contributed by atoms with Gasteiger partial charge in [-0.2, -0.15) is 0 Å². The van der Waals surface area contributed by atoms with Crippen molar-refractivity contribution >= 4 is 28.5 Å². The van der Waals surface area contributed by atoms with Gasteiger partial charge in [-0.1, -0.05) is 11.6 Å². The third-order valence-electron chi connectivity index (χ3n) is 4.95. The molecule has 0 atom stereocenters. The Labute approximate surface area is 154 Å². The van der Waals surface area contributed by atoms with E-state index in [4.69, 9.17) is 11.6 Å². The van der Waals surface area contributed by atoms with Crippen LogP contribution in [0.1, 0.15) is 26.1 Å². The van der Waals surface area contributed by atoms with Crippen molar-refractivity contribution < 1.29 is 4.39 Å². The fourth-order valence-electron chi connectivity index (χ4n) is 3.58. The summed E-state index contributed by atoms with van der Waals surface area (Å²) in [6, 6.07) is 4.93. The molecule has 0 radical (unpaired) electrons. The first-order chi connectivity index (χ1) is 12.3. The second-order valence-electron chi connectivity index (χ2n) is 7.13. The zero-order valence-electron chi connectivity index (χ0n) is 14.6. The van der Waals surface area contributed by atoms with Crippen molar-refractivity contribution in [2.24, 2.45) is 5.29 Å². The number of benzene rings is 1. The number of nitroso groups, excluding NO2 is 1. The van der Waals surface area contributed by atoms with Crippen LogP contribution < -0.4 is 5.01 Å². The normalized spacial score (nSPS) is 15.3. The van der Waals surface area contributed by atoms with Crippen LogP contribution >= 0.6 is 11.6 Å². The van der Waals surface area contributed by atoms with Crippen molar-refractivity contribution in [3.63, 3.8) is 0 Å². The van der Waals surface area contributed by atoms with E-state index in [2.05, 4.69) is 33.7 Å². The van der Waals surface area contributed by atoms with Crippen LogP contribution in [0.3, 0.4) is 0 Å². The lowest BCUT2D eigenvalue weighted by atomic mass is 10.0. The van der Waals surface area contributed by atoms with E-state index in [-0.39, 0.29) is 5.54 Å². The molecule has 8 heteroatoms. The van der Waals surface area contributed by atoms with Crippen LogP contribution in [-0.4, -0.2) is 21.6 Å². The van der Waals surface area contributed by atoms with E-state index < -0.39 is 5.82 Å². The highest BCUT2D eigenvalue weighted by molar-refractivity contribution is 6.33. The molecule has 3 aromatic rings. The first-order valence-corrected chi connectivity index (χ1v) is 8.64. The van der Waals surface area contributed by atoms with Crippen LogP contribution in [0.4, 0.5) is 10.2 Å². The van der Waals surface area contributed by atoms with Crippen molar-refractivity contribution in [3.05, 3.63) is 46.0 Å². The molecule has 0 aliphatic carbocycles. The molecule has 0 fully saturated rings. The second kappa shape index (κ2) is 5.74. The van der Waals surface area contributed by atoms with Crippen LogP contribution in [0.2, 0.25) is 5.02 Å². The van der Waals surface area contributed by atoms with Gasteiger partial charge in [0, 0.05) is 30.8 Å². The van der Waals surface area contributed by atoms with Crippen LogP contribution in [0.15, 0.2) is 29.7 Å². The fraction of sp³-hybridized carbons (Fsp3) is 0.333. The molecule has 0 amide bonds. The average molecular weight is 374 g/mol. The summed E-state index contributed by atoms with van der Waals surface area (Å²) in [5.74, 6) is 0.831. The topological polar surface area (TPSA) is 63.4 Å². The van der Waals surface area contributed by atoms with Gasteiger partial charge in [-0.3, -0.25) is 0 Å². The Morgan fingerprint density at radius 1 is 1.35 bits per heavy atom. The number of fused-ring (bicyclic) bond motifs is 3. The molecule has 0 unspecified atom stereocenters. The van der Waals surface area contributed by atoms with Gasteiger partial charge < -0.3 is 4.57 Å². The van der Waals surface area contributed by atoms with Crippen molar-refractivity contribution in [3.8, 4) is 11.1 Å². The van der Waals surface area contributed by atoms with Crippen molar-refractivity contribution in [1.82, 2.24) is 14.5 Å². The lowest BCUT2D eigenvalue weighted by Crippen LogP contribution is -2.21. The highest BCUT2D eigenvalue weighted by Gasteiger charge is 2.33. The third-order valence-corrected chi connectivity index (χ3v) is 5.26. The lowest BCUT2D eigenvalue weighted by Gasteiger charge is -2.22. The Morgan fingerprint density at radius 3 is 2.85 bits per heavy atom. The maximum atomic E-state index is 14.8. The molecule has 1 aliphatic heterocycles. The average Bonchev–Trinajstić information content (AvgIpc) is 3.13. The minimum atomic E-state index is -0.397. The third kappa shape index (κ3) is 2.46. The molecule has 0 spiro atoms. The number of halogens is 2. The number of aryl methyl sites for hydroxylation is 1. The summed E-state index contributed by atoms with van der Waals surface area (Å²) in [5.41, 5.74) is 2.18. The summed E-state index contributed by atoms with van der Waals surface area (Å²) in [6.07, 6.45) is 3.22. The number of aromatic nitrogens is 3. The van der Waals surface area contributed by atoms with Gasteiger partial charge in [0.25, 0.3) is 0 Å². The van der Waals surface area contributed by atoms with Gasteiger partial charge in [0.15, 0.2) is 11.6 Å². The molecule has 4 rings (SSSR count). The second-order valence-corrected chi connectivity index (χ2v) is 7.54. The van der Waals surface area contributed by atoms with E-state index in [0.717, 1.165) is 29.2 Å². The molecule has 3 heterocycles. The molecular weight excluding hydrogens is 357 g/mol. The summed E-state index contributed by atoms with van der Waals surface area (Å²) < 4.78 is 16.9. The lowest BCUT2D eigenvalue weighted by molar-refractivity contribution is 0.386. The monoisotopic (exact) mass is 373 g/mol. The molecular formula is C18H17ClFN5O. The van der Waals surface area contributed by atoms with Gasteiger partial charge in [-0.25, -0.2) is 19.4 Å². The van der Waals surface area contributed by atoms with Gasteiger partial charge in [0.05, 0.1) is 15.8 Å². The number of hydrogen-bond acceptors (Lipinski definition) is 4. The van der Waals surface area contributed by atoms with Crippen molar-refractivity contribution in [1.29, 1.82) is 0 Å². The number of nitrogens with zero attached hydrogens (tertiary/aromatic N) is 5. The largest absolute Gasteiger partial charge is 0.322 e. The Hall–Kier alpha value is -2.54. The summed E-state index contributed by atoms with van der Waals surface area (Å²) >= 11 is 6.29. The van der Waals surface area contributed by atoms with E-state index in [1.807, 2.05) is 6.07 Å². The van der Waals surface area contributed by atoms with Gasteiger partial charge in [0.1, 0.15) is 11.3 Å². The maximum absolute atomic E-state index is 14.8. The van der Waals surface area contributed by atoms with E-state index in [1.165, 1.54) is 19.3 Å². The number of rotatable bonds is 3. The predicted molar refractivity (Wildman–Crippen MR) is 99.8 cm³/mol. The van der Waals surface area contributed by atoms with Crippen LogP contribution in [0, 0.1) is 10.7 Å². The van der Waals surface area contributed by atoms with Gasteiger partial charge >= 0.3 is 0 Å². The molecule has 0 saturated carbocycles. The van der Waals surface area contributed by atoms with Crippen molar-refractivity contribution in [2.75, 3.05) is 12.1 Å². The van der Waals surface area contributed by atoms with Crippen LogP contribution in [0.25, 0.3) is 22.2 Å². The molecule has 1 aromatic carbocycles. The maximum Gasteiger partial charge on any atom is 0.152 e. The number of anilines is 1. The van der Waals surface area contributed by atoms with E-state index in [0.29, 0.717) is 27.5 Å². The summed E-state index contributed by atoms with van der Waals surface area (Å²) in [6.45, 7) is 4.24. The Balaban J connectivity index is 1.95. The number of hydrogen-bond donors (Lipinski definition) is 0. The van der Waals surface area contributed by atoms with E-state index >= 15 is 0 Å². The van der Waals surface area contributed by atoms with Gasteiger partial charge in [0.2, 0.25) is 0 Å². The minimum absolute atomic E-state index is 0.121. The predicted octanol–water partition coefficient (Wildman–Crippen LogP) is 4.69.